The van der Waals surface area contributed by atoms with Gasteiger partial charge in [-0.3, -0.25) is 4.79 Å². The van der Waals surface area contributed by atoms with Gasteiger partial charge in [0.2, 0.25) is 5.91 Å². The van der Waals surface area contributed by atoms with E-state index in [1.807, 2.05) is 43.3 Å². The monoisotopic (exact) mass is 229 g/mol. The van der Waals surface area contributed by atoms with E-state index in [2.05, 4.69) is 11.4 Å². The molecule has 1 amide bonds. The third-order valence-electron chi connectivity index (χ3n) is 3.04. The van der Waals surface area contributed by atoms with Crippen molar-refractivity contribution in [1.82, 2.24) is 0 Å². The third-order valence-corrected chi connectivity index (χ3v) is 3.04. The number of nitriles is 1. The SMILES string of the molecule is CN(C)c1ccc(NC(=O)C2(C#N)CC2)cc1. The summed E-state index contributed by atoms with van der Waals surface area (Å²) in [6, 6.07) is 9.64. The van der Waals surface area contributed by atoms with Crippen LogP contribution >= 0.6 is 0 Å². The smallest absolute Gasteiger partial charge is 0.244 e. The average molecular weight is 229 g/mol. The average Bonchev–Trinajstić information content (AvgIpc) is 3.10. The third kappa shape index (κ3) is 2.23. The highest BCUT2D eigenvalue weighted by Gasteiger charge is 2.50. The first kappa shape index (κ1) is 11.5. The van der Waals surface area contributed by atoms with Gasteiger partial charge in [0.1, 0.15) is 5.41 Å². The second kappa shape index (κ2) is 4.10. The number of carbonyl (C=O) groups excluding carboxylic acids is 1. The molecule has 1 aliphatic carbocycles. The van der Waals surface area contributed by atoms with Crippen molar-refractivity contribution in [3.8, 4) is 6.07 Å². The second-order valence-corrected chi connectivity index (χ2v) is 4.59. The Morgan fingerprint density at radius 1 is 1.35 bits per heavy atom. The fourth-order valence-corrected chi connectivity index (χ4v) is 1.61. The molecule has 88 valence electrons. The molecule has 0 radical (unpaired) electrons. The zero-order chi connectivity index (χ0) is 12.5. The first-order valence-electron chi connectivity index (χ1n) is 5.57. The molecule has 4 heteroatoms. The maximum absolute atomic E-state index is 11.8. The van der Waals surface area contributed by atoms with Gasteiger partial charge in [-0.15, -0.1) is 0 Å². The zero-order valence-corrected chi connectivity index (χ0v) is 10.0. The number of nitrogens with zero attached hydrogens (tertiary/aromatic N) is 2. The Kier molecular flexibility index (Phi) is 2.76. The number of rotatable bonds is 3. The van der Waals surface area contributed by atoms with Gasteiger partial charge in [0.05, 0.1) is 6.07 Å². The van der Waals surface area contributed by atoms with Crippen LogP contribution < -0.4 is 10.2 Å². The number of amides is 1. The Morgan fingerprint density at radius 2 is 1.94 bits per heavy atom. The lowest BCUT2D eigenvalue weighted by Gasteiger charge is -2.13. The highest BCUT2D eigenvalue weighted by atomic mass is 16.2. The van der Waals surface area contributed by atoms with Crippen molar-refractivity contribution in [3.63, 3.8) is 0 Å². The Hall–Kier alpha value is -2.02. The Labute approximate surface area is 101 Å². The van der Waals surface area contributed by atoms with Crippen molar-refractivity contribution in [2.45, 2.75) is 12.8 Å². The Balaban J connectivity index is 2.05. The summed E-state index contributed by atoms with van der Waals surface area (Å²) >= 11 is 0. The van der Waals surface area contributed by atoms with E-state index in [1.54, 1.807) is 0 Å². The number of benzene rings is 1. The first-order chi connectivity index (χ1) is 8.07. The molecule has 1 N–H and O–H groups in total. The Bertz CT molecular complexity index is 466. The van der Waals surface area contributed by atoms with Gasteiger partial charge in [0, 0.05) is 25.5 Å². The van der Waals surface area contributed by atoms with Crippen LogP contribution in [-0.2, 0) is 4.79 Å². The summed E-state index contributed by atoms with van der Waals surface area (Å²) in [7, 11) is 3.92. The topological polar surface area (TPSA) is 56.1 Å². The molecule has 1 aromatic carbocycles. The van der Waals surface area contributed by atoms with Crippen LogP contribution in [0.1, 0.15) is 12.8 Å². The van der Waals surface area contributed by atoms with E-state index in [-0.39, 0.29) is 5.91 Å². The van der Waals surface area contributed by atoms with Gasteiger partial charge in [0.15, 0.2) is 0 Å². The molecule has 17 heavy (non-hydrogen) atoms. The van der Waals surface area contributed by atoms with Crippen molar-refractivity contribution in [1.29, 1.82) is 5.26 Å². The van der Waals surface area contributed by atoms with Crippen LogP contribution in [0.5, 0.6) is 0 Å². The lowest BCUT2D eigenvalue weighted by molar-refractivity contribution is -0.119. The summed E-state index contributed by atoms with van der Waals surface area (Å²) in [5.74, 6) is -0.183. The minimum absolute atomic E-state index is 0.183. The van der Waals surface area contributed by atoms with Crippen LogP contribution in [0.4, 0.5) is 11.4 Å². The summed E-state index contributed by atoms with van der Waals surface area (Å²) in [6.45, 7) is 0. The zero-order valence-electron chi connectivity index (χ0n) is 10.0. The molecule has 0 spiro atoms. The molecule has 0 aliphatic heterocycles. The number of anilines is 2. The lowest BCUT2D eigenvalue weighted by Crippen LogP contribution is -2.22. The molecule has 1 saturated carbocycles. The molecular weight excluding hydrogens is 214 g/mol. The Morgan fingerprint density at radius 3 is 2.35 bits per heavy atom. The molecular formula is C13H15N3O. The molecule has 0 saturated heterocycles. The molecule has 0 unspecified atom stereocenters. The molecule has 2 rings (SSSR count). The largest absolute Gasteiger partial charge is 0.378 e. The van der Waals surface area contributed by atoms with Crippen LogP contribution in [0.15, 0.2) is 24.3 Å². The minimum atomic E-state index is -0.764. The van der Waals surface area contributed by atoms with Gasteiger partial charge in [-0.05, 0) is 37.1 Å². The first-order valence-corrected chi connectivity index (χ1v) is 5.57. The standard InChI is InChI=1S/C13H15N3O/c1-16(2)11-5-3-10(4-6-11)15-12(17)13(9-14)7-8-13/h3-6H,7-8H2,1-2H3,(H,15,17). The molecule has 1 aromatic rings. The number of hydrogen-bond donors (Lipinski definition) is 1. The summed E-state index contributed by atoms with van der Waals surface area (Å²) in [5, 5.41) is 11.7. The number of nitrogens with one attached hydrogen (secondary N) is 1. The van der Waals surface area contributed by atoms with Gasteiger partial charge in [-0.1, -0.05) is 0 Å². The fourth-order valence-electron chi connectivity index (χ4n) is 1.61. The van der Waals surface area contributed by atoms with E-state index >= 15 is 0 Å². The van der Waals surface area contributed by atoms with Crippen molar-refractivity contribution in [2.24, 2.45) is 5.41 Å². The predicted molar refractivity (Wildman–Crippen MR) is 66.7 cm³/mol. The molecule has 0 atom stereocenters. The normalized spacial score (nSPS) is 15.8. The van der Waals surface area contributed by atoms with Gasteiger partial charge < -0.3 is 10.2 Å². The highest BCUT2D eigenvalue weighted by Crippen LogP contribution is 2.45. The maximum Gasteiger partial charge on any atom is 0.244 e. The summed E-state index contributed by atoms with van der Waals surface area (Å²) in [4.78, 5) is 13.8. The van der Waals surface area contributed by atoms with Crippen molar-refractivity contribution >= 4 is 17.3 Å². The lowest BCUT2D eigenvalue weighted by atomic mass is 10.1. The molecule has 0 bridgehead atoms. The predicted octanol–water partition coefficient (Wildman–Crippen LogP) is 1.99. The minimum Gasteiger partial charge on any atom is -0.378 e. The van der Waals surface area contributed by atoms with Crippen LogP contribution in [0.25, 0.3) is 0 Å². The summed E-state index contributed by atoms with van der Waals surface area (Å²) < 4.78 is 0. The van der Waals surface area contributed by atoms with E-state index < -0.39 is 5.41 Å². The molecule has 0 heterocycles. The quantitative estimate of drug-likeness (QED) is 0.862. The second-order valence-electron chi connectivity index (χ2n) is 4.59. The van der Waals surface area contributed by atoms with E-state index in [0.29, 0.717) is 12.8 Å². The van der Waals surface area contributed by atoms with Crippen LogP contribution in [-0.4, -0.2) is 20.0 Å². The van der Waals surface area contributed by atoms with E-state index in [0.717, 1.165) is 11.4 Å². The molecule has 1 aliphatic rings. The summed E-state index contributed by atoms with van der Waals surface area (Å²) in [6.07, 6.45) is 1.34. The van der Waals surface area contributed by atoms with Gasteiger partial charge in [0.25, 0.3) is 0 Å². The van der Waals surface area contributed by atoms with Gasteiger partial charge in [-0.25, -0.2) is 0 Å². The number of carbonyl (C=O) groups is 1. The fraction of sp³-hybridized carbons (Fsp3) is 0.385. The molecule has 0 aromatic heterocycles. The van der Waals surface area contributed by atoms with E-state index in [4.69, 9.17) is 5.26 Å². The van der Waals surface area contributed by atoms with Gasteiger partial charge >= 0.3 is 0 Å². The van der Waals surface area contributed by atoms with Crippen LogP contribution in [0.2, 0.25) is 0 Å². The molecule has 4 nitrogen and oxygen atoms in total. The van der Waals surface area contributed by atoms with E-state index in [1.165, 1.54) is 0 Å². The van der Waals surface area contributed by atoms with Crippen molar-refractivity contribution in [3.05, 3.63) is 24.3 Å². The van der Waals surface area contributed by atoms with Crippen LogP contribution in [0.3, 0.4) is 0 Å². The molecule has 1 fully saturated rings. The number of hydrogen-bond acceptors (Lipinski definition) is 3. The van der Waals surface area contributed by atoms with Crippen molar-refractivity contribution < 1.29 is 4.79 Å². The van der Waals surface area contributed by atoms with E-state index in [9.17, 15) is 4.79 Å². The van der Waals surface area contributed by atoms with Crippen LogP contribution in [0, 0.1) is 16.7 Å². The van der Waals surface area contributed by atoms with Crippen molar-refractivity contribution in [2.75, 3.05) is 24.3 Å². The maximum atomic E-state index is 11.8. The highest BCUT2D eigenvalue weighted by molar-refractivity contribution is 5.99. The van der Waals surface area contributed by atoms with Gasteiger partial charge in [-0.2, -0.15) is 5.26 Å². The summed E-state index contributed by atoms with van der Waals surface area (Å²) in [5.41, 5.74) is 1.05.